The fraction of sp³-hybridized carbons (Fsp3) is 0.929. The lowest BCUT2D eigenvalue weighted by Crippen LogP contribution is -2.47. The maximum absolute atomic E-state index is 11.8. The zero-order chi connectivity index (χ0) is 14.1. The van der Waals surface area contributed by atoms with E-state index < -0.39 is 0 Å². The van der Waals surface area contributed by atoms with E-state index in [-0.39, 0.29) is 5.91 Å². The fourth-order valence-electron chi connectivity index (χ4n) is 2.43. The molecule has 1 fully saturated rings. The van der Waals surface area contributed by atoms with E-state index in [0.29, 0.717) is 17.8 Å². The summed E-state index contributed by atoms with van der Waals surface area (Å²) in [4.78, 5) is 14.2. The van der Waals surface area contributed by atoms with Gasteiger partial charge in [-0.2, -0.15) is 11.8 Å². The molecule has 1 aliphatic rings. The van der Waals surface area contributed by atoms with Gasteiger partial charge in [0.05, 0.1) is 5.75 Å². The number of nitrogens with zero attached hydrogens (tertiary/aromatic N) is 1. The van der Waals surface area contributed by atoms with E-state index in [1.54, 1.807) is 11.8 Å². The van der Waals surface area contributed by atoms with Crippen LogP contribution in [0.5, 0.6) is 0 Å². The molecule has 0 aromatic heterocycles. The number of amides is 1. The highest BCUT2D eigenvalue weighted by molar-refractivity contribution is 7.99. The molecule has 0 aliphatic carbocycles. The molecular weight excluding hydrogens is 258 g/mol. The smallest absolute Gasteiger partial charge is 0.230 e. The summed E-state index contributed by atoms with van der Waals surface area (Å²) in [6, 6.07) is 0.890. The van der Waals surface area contributed by atoms with Crippen LogP contribution >= 0.6 is 11.8 Å². The van der Waals surface area contributed by atoms with E-state index in [2.05, 4.69) is 36.3 Å². The maximum Gasteiger partial charge on any atom is 0.230 e. The summed E-state index contributed by atoms with van der Waals surface area (Å²) in [7, 11) is 0. The van der Waals surface area contributed by atoms with E-state index in [1.807, 2.05) is 0 Å². The van der Waals surface area contributed by atoms with Crippen molar-refractivity contribution in [2.75, 3.05) is 37.7 Å². The average molecular weight is 287 g/mol. The van der Waals surface area contributed by atoms with Crippen molar-refractivity contribution in [1.82, 2.24) is 15.5 Å². The SMILES string of the molecule is CCN(CC)CCSCC(=O)NC1CCNC(C)C1. The van der Waals surface area contributed by atoms with Crippen molar-refractivity contribution in [2.24, 2.45) is 0 Å². The van der Waals surface area contributed by atoms with Crippen LogP contribution in [0.4, 0.5) is 0 Å². The normalized spacial score (nSPS) is 23.6. The van der Waals surface area contributed by atoms with Crippen LogP contribution in [0.25, 0.3) is 0 Å². The monoisotopic (exact) mass is 287 g/mol. The molecule has 1 amide bonds. The molecule has 2 N–H and O–H groups in total. The molecule has 1 rings (SSSR count). The minimum atomic E-state index is 0.198. The van der Waals surface area contributed by atoms with E-state index in [1.165, 1.54) is 0 Å². The van der Waals surface area contributed by atoms with Crippen LogP contribution in [0.2, 0.25) is 0 Å². The fourth-order valence-corrected chi connectivity index (χ4v) is 3.23. The first kappa shape index (κ1) is 16.8. The number of carbonyl (C=O) groups excluding carboxylic acids is 1. The Bertz CT molecular complexity index is 259. The van der Waals surface area contributed by atoms with Crippen molar-refractivity contribution in [3.8, 4) is 0 Å². The summed E-state index contributed by atoms with van der Waals surface area (Å²) in [6.07, 6.45) is 2.11. The standard InChI is InChI=1S/C14H29N3OS/c1-4-17(5-2)8-9-19-11-14(18)16-13-6-7-15-12(3)10-13/h12-13,15H,4-11H2,1-3H3,(H,16,18). The van der Waals surface area contributed by atoms with Crippen LogP contribution in [0.3, 0.4) is 0 Å². The predicted octanol–water partition coefficient (Wildman–Crippen LogP) is 1.32. The third kappa shape index (κ3) is 7.18. The zero-order valence-corrected chi connectivity index (χ0v) is 13.4. The average Bonchev–Trinajstić information content (AvgIpc) is 2.39. The van der Waals surface area contributed by atoms with Crippen molar-refractivity contribution in [1.29, 1.82) is 0 Å². The van der Waals surface area contributed by atoms with Gasteiger partial charge in [-0.05, 0) is 39.4 Å². The highest BCUT2D eigenvalue weighted by atomic mass is 32.2. The van der Waals surface area contributed by atoms with E-state index in [9.17, 15) is 4.79 Å². The summed E-state index contributed by atoms with van der Waals surface area (Å²) < 4.78 is 0. The van der Waals surface area contributed by atoms with Gasteiger partial charge in [-0.15, -0.1) is 0 Å². The molecule has 19 heavy (non-hydrogen) atoms. The number of piperidine rings is 1. The highest BCUT2D eigenvalue weighted by Gasteiger charge is 2.19. The van der Waals surface area contributed by atoms with Gasteiger partial charge in [0, 0.05) is 24.4 Å². The molecule has 1 aliphatic heterocycles. The maximum atomic E-state index is 11.8. The lowest BCUT2D eigenvalue weighted by Gasteiger charge is -2.28. The first-order chi connectivity index (χ1) is 9.15. The van der Waals surface area contributed by atoms with E-state index >= 15 is 0 Å². The van der Waals surface area contributed by atoms with Gasteiger partial charge in [-0.3, -0.25) is 4.79 Å². The van der Waals surface area contributed by atoms with Crippen LogP contribution in [-0.4, -0.2) is 60.6 Å². The quantitative estimate of drug-likeness (QED) is 0.661. The van der Waals surface area contributed by atoms with Gasteiger partial charge in [0.15, 0.2) is 0 Å². The van der Waals surface area contributed by atoms with Crippen molar-refractivity contribution in [3.63, 3.8) is 0 Å². The lowest BCUT2D eigenvalue weighted by molar-refractivity contribution is -0.119. The Kier molecular flexibility index (Phi) is 8.50. The molecule has 0 spiro atoms. The van der Waals surface area contributed by atoms with E-state index in [4.69, 9.17) is 0 Å². The van der Waals surface area contributed by atoms with Crippen molar-refractivity contribution in [3.05, 3.63) is 0 Å². The summed E-state index contributed by atoms with van der Waals surface area (Å²) in [5, 5.41) is 6.55. The van der Waals surface area contributed by atoms with Gasteiger partial charge < -0.3 is 15.5 Å². The number of thioether (sulfide) groups is 1. The molecule has 0 bridgehead atoms. The second-order valence-electron chi connectivity index (χ2n) is 5.22. The highest BCUT2D eigenvalue weighted by Crippen LogP contribution is 2.09. The molecule has 1 heterocycles. The summed E-state index contributed by atoms with van der Waals surface area (Å²) in [5.74, 6) is 1.83. The Morgan fingerprint density at radius 1 is 1.42 bits per heavy atom. The molecule has 112 valence electrons. The number of nitrogens with one attached hydrogen (secondary N) is 2. The lowest BCUT2D eigenvalue weighted by atomic mass is 10.0. The van der Waals surface area contributed by atoms with Gasteiger partial charge in [0.25, 0.3) is 0 Å². The van der Waals surface area contributed by atoms with E-state index in [0.717, 1.165) is 44.8 Å². The number of rotatable bonds is 8. The third-order valence-corrected chi connectivity index (χ3v) is 4.61. The van der Waals surface area contributed by atoms with Crippen LogP contribution in [0.15, 0.2) is 0 Å². The van der Waals surface area contributed by atoms with Crippen LogP contribution in [-0.2, 0) is 4.79 Å². The molecule has 4 nitrogen and oxygen atoms in total. The Morgan fingerprint density at radius 3 is 2.79 bits per heavy atom. The molecule has 2 atom stereocenters. The number of hydrogen-bond acceptors (Lipinski definition) is 4. The molecule has 5 heteroatoms. The Hall–Kier alpha value is -0.260. The summed E-state index contributed by atoms with van der Waals surface area (Å²) >= 11 is 1.74. The number of hydrogen-bond donors (Lipinski definition) is 2. The van der Waals surface area contributed by atoms with Gasteiger partial charge in [0.1, 0.15) is 0 Å². The summed E-state index contributed by atoms with van der Waals surface area (Å²) in [6.45, 7) is 10.8. The third-order valence-electron chi connectivity index (χ3n) is 3.67. The predicted molar refractivity (Wildman–Crippen MR) is 83.7 cm³/mol. The molecule has 0 saturated carbocycles. The van der Waals surface area contributed by atoms with Crippen molar-refractivity contribution in [2.45, 2.75) is 45.7 Å². The first-order valence-corrected chi connectivity index (χ1v) is 8.64. The summed E-state index contributed by atoms with van der Waals surface area (Å²) in [5.41, 5.74) is 0. The van der Waals surface area contributed by atoms with Gasteiger partial charge in [-0.1, -0.05) is 13.8 Å². The molecular formula is C14H29N3OS. The minimum absolute atomic E-state index is 0.198. The Balaban J connectivity index is 2.07. The zero-order valence-electron chi connectivity index (χ0n) is 12.6. The molecule has 2 unspecified atom stereocenters. The minimum Gasteiger partial charge on any atom is -0.353 e. The molecule has 0 radical (unpaired) electrons. The van der Waals surface area contributed by atoms with Crippen LogP contribution < -0.4 is 10.6 Å². The van der Waals surface area contributed by atoms with Crippen molar-refractivity contribution < 1.29 is 4.79 Å². The second-order valence-corrected chi connectivity index (χ2v) is 6.33. The molecule has 0 aromatic carbocycles. The molecule has 1 saturated heterocycles. The Labute approximate surface area is 122 Å². The first-order valence-electron chi connectivity index (χ1n) is 7.48. The number of carbonyl (C=O) groups is 1. The van der Waals surface area contributed by atoms with Crippen LogP contribution in [0, 0.1) is 0 Å². The largest absolute Gasteiger partial charge is 0.353 e. The second kappa shape index (κ2) is 9.61. The van der Waals surface area contributed by atoms with Gasteiger partial charge in [-0.25, -0.2) is 0 Å². The Morgan fingerprint density at radius 2 is 2.16 bits per heavy atom. The molecule has 0 aromatic rings. The topological polar surface area (TPSA) is 44.4 Å². The van der Waals surface area contributed by atoms with Gasteiger partial charge >= 0.3 is 0 Å². The van der Waals surface area contributed by atoms with Crippen LogP contribution in [0.1, 0.15) is 33.6 Å². The van der Waals surface area contributed by atoms with Gasteiger partial charge in [0.2, 0.25) is 5.91 Å². The van der Waals surface area contributed by atoms with Crippen molar-refractivity contribution >= 4 is 17.7 Å².